The van der Waals surface area contributed by atoms with Gasteiger partial charge in [0.15, 0.2) is 12.4 Å². The SMILES string of the molecule is COc1ccc(C(=O)OCC(=O)N[C@@H](C)c2ccco2)cc1[N+](=O)[O-]. The van der Waals surface area contributed by atoms with Gasteiger partial charge in [-0.15, -0.1) is 0 Å². The zero-order valence-corrected chi connectivity index (χ0v) is 13.6. The van der Waals surface area contributed by atoms with Crippen molar-refractivity contribution in [2.45, 2.75) is 13.0 Å². The summed E-state index contributed by atoms with van der Waals surface area (Å²) in [7, 11) is 1.28. The number of rotatable bonds is 7. The number of hydrogen-bond acceptors (Lipinski definition) is 7. The van der Waals surface area contributed by atoms with Gasteiger partial charge in [-0.1, -0.05) is 0 Å². The van der Waals surface area contributed by atoms with Gasteiger partial charge >= 0.3 is 11.7 Å². The number of nitrogens with one attached hydrogen (secondary N) is 1. The van der Waals surface area contributed by atoms with Crippen molar-refractivity contribution in [1.82, 2.24) is 5.32 Å². The zero-order chi connectivity index (χ0) is 18.4. The van der Waals surface area contributed by atoms with Crippen LogP contribution in [0.15, 0.2) is 41.0 Å². The van der Waals surface area contributed by atoms with Crippen molar-refractivity contribution in [1.29, 1.82) is 0 Å². The highest BCUT2D eigenvalue weighted by atomic mass is 16.6. The van der Waals surface area contributed by atoms with Gasteiger partial charge in [0.05, 0.1) is 29.9 Å². The van der Waals surface area contributed by atoms with Gasteiger partial charge in [-0.05, 0) is 31.2 Å². The van der Waals surface area contributed by atoms with Crippen LogP contribution in [0.25, 0.3) is 0 Å². The molecule has 9 heteroatoms. The van der Waals surface area contributed by atoms with Crippen molar-refractivity contribution in [3.05, 3.63) is 58.0 Å². The van der Waals surface area contributed by atoms with Crippen LogP contribution in [0, 0.1) is 10.1 Å². The van der Waals surface area contributed by atoms with Crippen LogP contribution in [0.1, 0.15) is 29.1 Å². The Morgan fingerprint density at radius 1 is 1.36 bits per heavy atom. The minimum absolute atomic E-state index is 0.0200. The van der Waals surface area contributed by atoms with Gasteiger partial charge in [0.25, 0.3) is 5.91 Å². The quantitative estimate of drug-likeness (QED) is 0.462. The second kappa shape index (κ2) is 7.95. The number of esters is 1. The summed E-state index contributed by atoms with van der Waals surface area (Å²) in [6, 6.07) is 6.64. The average molecular weight is 348 g/mol. The highest BCUT2D eigenvalue weighted by molar-refractivity contribution is 5.92. The van der Waals surface area contributed by atoms with Gasteiger partial charge in [0.1, 0.15) is 5.76 Å². The van der Waals surface area contributed by atoms with E-state index in [0.29, 0.717) is 5.76 Å². The molecule has 0 bridgehead atoms. The van der Waals surface area contributed by atoms with Crippen LogP contribution in [0.5, 0.6) is 5.75 Å². The highest BCUT2D eigenvalue weighted by Crippen LogP contribution is 2.27. The number of methoxy groups -OCH3 is 1. The number of amides is 1. The molecule has 0 saturated heterocycles. The van der Waals surface area contributed by atoms with E-state index in [1.807, 2.05) is 0 Å². The molecule has 1 aromatic heterocycles. The Balaban J connectivity index is 1.94. The summed E-state index contributed by atoms with van der Waals surface area (Å²) in [5.41, 5.74) is -0.424. The van der Waals surface area contributed by atoms with Crippen LogP contribution >= 0.6 is 0 Å². The number of nitro benzene ring substituents is 1. The summed E-state index contributed by atoms with van der Waals surface area (Å²) >= 11 is 0. The van der Waals surface area contributed by atoms with Crippen LogP contribution in [-0.4, -0.2) is 30.5 Å². The van der Waals surface area contributed by atoms with Crippen molar-refractivity contribution in [3.63, 3.8) is 0 Å². The van der Waals surface area contributed by atoms with Crippen molar-refractivity contribution in [2.75, 3.05) is 13.7 Å². The maximum absolute atomic E-state index is 12.0. The fourth-order valence-corrected chi connectivity index (χ4v) is 2.07. The summed E-state index contributed by atoms with van der Waals surface area (Å²) < 4.78 is 14.9. The number of carbonyl (C=O) groups is 2. The van der Waals surface area contributed by atoms with Gasteiger partial charge in [0.2, 0.25) is 0 Å². The molecule has 1 amide bonds. The summed E-state index contributed by atoms with van der Waals surface area (Å²) in [6.07, 6.45) is 1.48. The third kappa shape index (κ3) is 4.56. The van der Waals surface area contributed by atoms with E-state index in [0.717, 1.165) is 6.07 Å². The lowest BCUT2D eigenvalue weighted by molar-refractivity contribution is -0.385. The number of nitrogens with zero attached hydrogens (tertiary/aromatic N) is 1. The molecule has 0 spiro atoms. The van der Waals surface area contributed by atoms with Crippen molar-refractivity contribution in [3.8, 4) is 5.75 Å². The molecule has 1 aromatic carbocycles. The first-order chi connectivity index (χ1) is 11.9. The third-order valence-electron chi connectivity index (χ3n) is 3.29. The molecule has 0 aliphatic rings. The molecule has 0 radical (unpaired) electrons. The smallest absolute Gasteiger partial charge is 0.338 e. The number of benzene rings is 1. The van der Waals surface area contributed by atoms with E-state index in [4.69, 9.17) is 13.9 Å². The standard InChI is InChI=1S/C16H16N2O7/c1-10(13-4-3-7-24-13)17-15(19)9-25-16(20)11-5-6-14(23-2)12(8-11)18(21)22/h3-8,10H,9H2,1-2H3,(H,17,19)/t10-/m0/s1. The van der Waals surface area contributed by atoms with E-state index in [1.165, 1.54) is 25.5 Å². The first-order valence-electron chi connectivity index (χ1n) is 7.24. The van der Waals surface area contributed by atoms with Crippen LogP contribution in [-0.2, 0) is 9.53 Å². The first-order valence-corrected chi connectivity index (χ1v) is 7.24. The monoisotopic (exact) mass is 348 g/mol. The van der Waals surface area contributed by atoms with E-state index in [1.54, 1.807) is 19.1 Å². The number of furan rings is 1. The number of nitro groups is 1. The molecule has 1 N–H and O–H groups in total. The molecule has 25 heavy (non-hydrogen) atoms. The van der Waals surface area contributed by atoms with E-state index in [-0.39, 0.29) is 23.0 Å². The predicted octanol–water partition coefficient (Wildman–Crippen LogP) is 2.23. The lowest BCUT2D eigenvalue weighted by Gasteiger charge is -2.11. The summed E-state index contributed by atoms with van der Waals surface area (Å²) in [5, 5.41) is 13.6. The minimum atomic E-state index is -0.855. The van der Waals surface area contributed by atoms with Gasteiger partial charge in [-0.2, -0.15) is 0 Å². The van der Waals surface area contributed by atoms with Crippen molar-refractivity contribution in [2.24, 2.45) is 0 Å². The molecule has 2 aromatic rings. The van der Waals surface area contributed by atoms with E-state index < -0.39 is 23.4 Å². The minimum Gasteiger partial charge on any atom is -0.490 e. The van der Waals surface area contributed by atoms with E-state index in [2.05, 4.69) is 5.32 Å². The summed E-state index contributed by atoms with van der Waals surface area (Å²) in [4.78, 5) is 34.0. The Labute approximate surface area is 142 Å². The Hall–Kier alpha value is -3.36. The van der Waals surface area contributed by atoms with Crippen LogP contribution in [0.3, 0.4) is 0 Å². The number of carbonyl (C=O) groups excluding carboxylic acids is 2. The maximum Gasteiger partial charge on any atom is 0.338 e. The fourth-order valence-electron chi connectivity index (χ4n) is 2.07. The van der Waals surface area contributed by atoms with Gasteiger partial charge in [-0.3, -0.25) is 14.9 Å². The first kappa shape index (κ1) is 18.0. The Morgan fingerprint density at radius 3 is 2.72 bits per heavy atom. The lowest BCUT2D eigenvalue weighted by Crippen LogP contribution is -2.31. The fraction of sp³-hybridized carbons (Fsp3) is 0.250. The molecule has 1 heterocycles. The normalized spacial score (nSPS) is 11.4. The second-order valence-corrected chi connectivity index (χ2v) is 5.02. The van der Waals surface area contributed by atoms with Gasteiger partial charge in [-0.25, -0.2) is 4.79 Å². The van der Waals surface area contributed by atoms with Crippen LogP contribution in [0.4, 0.5) is 5.69 Å². The molecule has 2 rings (SSSR count). The summed E-state index contributed by atoms with van der Waals surface area (Å²) in [5.74, 6) is -0.802. The average Bonchev–Trinajstić information content (AvgIpc) is 3.13. The Kier molecular flexibility index (Phi) is 5.72. The molecule has 0 fully saturated rings. The van der Waals surface area contributed by atoms with E-state index >= 15 is 0 Å². The van der Waals surface area contributed by atoms with Gasteiger partial charge in [0, 0.05) is 6.07 Å². The number of hydrogen-bond donors (Lipinski definition) is 1. The molecular weight excluding hydrogens is 332 g/mol. The largest absolute Gasteiger partial charge is 0.490 e. The molecule has 9 nitrogen and oxygen atoms in total. The Morgan fingerprint density at radius 2 is 2.12 bits per heavy atom. The molecule has 0 saturated carbocycles. The molecule has 0 unspecified atom stereocenters. The zero-order valence-electron chi connectivity index (χ0n) is 13.6. The molecule has 132 valence electrons. The molecular formula is C16H16N2O7. The predicted molar refractivity (Wildman–Crippen MR) is 85.2 cm³/mol. The van der Waals surface area contributed by atoms with Crippen molar-refractivity contribution >= 4 is 17.6 Å². The molecule has 0 aliphatic heterocycles. The summed E-state index contributed by atoms with van der Waals surface area (Å²) in [6.45, 7) is 1.19. The molecule has 0 aliphatic carbocycles. The lowest BCUT2D eigenvalue weighted by atomic mass is 10.2. The third-order valence-corrected chi connectivity index (χ3v) is 3.29. The Bertz CT molecular complexity index is 771. The van der Waals surface area contributed by atoms with E-state index in [9.17, 15) is 19.7 Å². The highest BCUT2D eigenvalue weighted by Gasteiger charge is 2.20. The molecule has 1 atom stereocenters. The maximum atomic E-state index is 12.0. The second-order valence-electron chi connectivity index (χ2n) is 5.02. The number of ether oxygens (including phenoxy) is 2. The topological polar surface area (TPSA) is 121 Å². The van der Waals surface area contributed by atoms with Gasteiger partial charge < -0.3 is 19.2 Å². The van der Waals surface area contributed by atoms with Crippen LogP contribution < -0.4 is 10.1 Å². The van der Waals surface area contributed by atoms with Crippen LogP contribution in [0.2, 0.25) is 0 Å². The van der Waals surface area contributed by atoms with Crippen molar-refractivity contribution < 1.29 is 28.4 Å².